The fraction of sp³-hybridized carbons (Fsp3) is 0.375. The van der Waals surface area contributed by atoms with Gasteiger partial charge in [-0.05, 0) is 49.8 Å². The molecule has 0 spiro atoms. The number of aryl methyl sites for hydroxylation is 2. The van der Waals surface area contributed by atoms with E-state index in [1.165, 1.54) is 16.9 Å². The predicted molar refractivity (Wildman–Crippen MR) is 89.0 cm³/mol. The highest BCUT2D eigenvalue weighted by Gasteiger charge is 2.21. The molecule has 0 saturated carbocycles. The maximum absolute atomic E-state index is 12.5. The maximum atomic E-state index is 12.5. The van der Waals surface area contributed by atoms with Gasteiger partial charge in [0, 0.05) is 16.8 Å². The summed E-state index contributed by atoms with van der Waals surface area (Å²) in [7, 11) is 0. The van der Waals surface area contributed by atoms with Gasteiger partial charge >= 0.3 is 0 Å². The number of amides is 1. The van der Waals surface area contributed by atoms with Crippen LogP contribution in [0, 0.1) is 12.8 Å². The van der Waals surface area contributed by atoms with Crippen molar-refractivity contribution >= 4 is 29.0 Å². The maximum Gasteiger partial charge on any atom is 0.268 e. The second-order valence-corrected chi connectivity index (χ2v) is 7.26. The first-order valence-electron chi connectivity index (χ1n) is 7.71. The summed E-state index contributed by atoms with van der Waals surface area (Å²) in [6.07, 6.45) is 5.16. The van der Waals surface area contributed by atoms with Gasteiger partial charge in [-0.15, -0.1) is 21.5 Å². The Morgan fingerprint density at radius 1 is 1.43 bits per heavy atom. The molecule has 3 heterocycles. The Morgan fingerprint density at radius 2 is 2.30 bits per heavy atom. The molecule has 4 rings (SSSR count). The molecule has 1 atom stereocenters. The average molecular weight is 327 g/mol. The van der Waals surface area contributed by atoms with E-state index in [-0.39, 0.29) is 5.91 Å². The van der Waals surface area contributed by atoms with Gasteiger partial charge in [0.05, 0.1) is 4.88 Å². The molecule has 1 unspecified atom stereocenters. The van der Waals surface area contributed by atoms with Crippen molar-refractivity contribution in [2.24, 2.45) is 5.92 Å². The number of hydrogen-bond acceptors (Lipinski definition) is 5. The Balaban J connectivity index is 1.60. The van der Waals surface area contributed by atoms with Crippen molar-refractivity contribution in [3.05, 3.63) is 39.3 Å². The fourth-order valence-electron chi connectivity index (χ4n) is 2.94. The minimum atomic E-state index is -0.132. The van der Waals surface area contributed by atoms with Gasteiger partial charge < -0.3 is 0 Å². The number of nitrogens with one attached hydrogen (secondary N) is 1. The van der Waals surface area contributed by atoms with Gasteiger partial charge in [0.25, 0.3) is 11.7 Å². The van der Waals surface area contributed by atoms with E-state index >= 15 is 0 Å². The van der Waals surface area contributed by atoms with Crippen LogP contribution in [0.5, 0.6) is 0 Å². The molecule has 0 radical (unpaired) electrons. The quantitative estimate of drug-likeness (QED) is 0.785. The summed E-state index contributed by atoms with van der Waals surface area (Å²) >= 11 is 1.59. The predicted octanol–water partition coefficient (Wildman–Crippen LogP) is 2.87. The van der Waals surface area contributed by atoms with Gasteiger partial charge in [-0.3, -0.25) is 14.5 Å². The summed E-state index contributed by atoms with van der Waals surface area (Å²) in [4.78, 5) is 18.9. The standard InChI is InChI=1S/C16H17N5OS/c1-9-3-4-12-11(7-9)8-13(23-12)14(22)18-16-20-19-15-17-10(2)5-6-21(15)16/h5-6,8-9H,3-4,7H2,1-2H3,(H,18,20,22). The van der Waals surface area contributed by atoms with Crippen LogP contribution in [0.4, 0.5) is 5.95 Å². The molecule has 1 aliphatic rings. The molecule has 0 aromatic carbocycles. The van der Waals surface area contributed by atoms with Crippen LogP contribution >= 0.6 is 11.3 Å². The van der Waals surface area contributed by atoms with E-state index < -0.39 is 0 Å². The van der Waals surface area contributed by atoms with E-state index in [0.29, 0.717) is 17.6 Å². The van der Waals surface area contributed by atoms with Crippen LogP contribution in [0.25, 0.3) is 5.78 Å². The molecule has 1 amide bonds. The van der Waals surface area contributed by atoms with Crippen molar-refractivity contribution in [2.45, 2.75) is 33.1 Å². The van der Waals surface area contributed by atoms with E-state index in [1.54, 1.807) is 15.7 Å². The molecule has 6 nitrogen and oxygen atoms in total. The highest BCUT2D eigenvalue weighted by Crippen LogP contribution is 2.32. The smallest absolute Gasteiger partial charge is 0.268 e. The number of nitrogens with zero attached hydrogens (tertiary/aromatic N) is 4. The molecule has 118 valence electrons. The van der Waals surface area contributed by atoms with Crippen LogP contribution in [0.2, 0.25) is 0 Å². The molecule has 3 aromatic rings. The minimum absolute atomic E-state index is 0.132. The molecule has 1 N–H and O–H groups in total. The van der Waals surface area contributed by atoms with Crippen LogP contribution < -0.4 is 5.32 Å². The zero-order chi connectivity index (χ0) is 16.0. The Kier molecular flexibility index (Phi) is 3.37. The zero-order valence-electron chi connectivity index (χ0n) is 13.0. The number of anilines is 1. The van der Waals surface area contributed by atoms with Crippen molar-refractivity contribution in [3.8, 4) is 0 Å². The molecular weight excluding hydrogens is 310 g/mol. The third-order valence-corrected chi connectivity index (χ3v) is 5.43. The van der Waals surface area contributed by atoms with Crippen LogP contribution in [0.1, 0.15) is 39.2 Å². The molecule has 0 saturated heterocycles. The lowest BCUT2D eigenvalue weighted by molar-refractivity contribution is 0.102. The second kappa shape index (κ2) is 5.42. The van der Waals surface area contributed by atoms with Crippen LogP contribution in [0.3, 0.4) is 0 Å². The van der Waals surface area contributed by atoms with E-state index in [1.807, 2.05) is 25.3 Å². The molecular formula is C16H17N5OS. The third-order valence-electron chi connectivity index (χ3n) is 4.20. The second-order valence-electron chi connectivity index (χ2n) is 6.12. The number of carbonyl (C=O) groups excluding carboxylic acids is 1. The molecule has 1 aliphatic carbocycles. The number of fused-ring (bicyclic) bond motifs is 2. The number of rotatable bonds is 2. The lowest BCUT2D eigenvalue weighted by Gasteiger charge is -2.16. The van der Waals surface area contributed by atoms with Gasteiger partial charge in [-0.1, -0.05) is 6.92 Å². The van der Waals surface area contributed by atoms with Gasteiger partial charge in [0.1, 0.15) is 0 Å². The highest BCUT2D eigenvalue weighted by molar-refractivity contribution is 7.14. The van der Waals surface area contributed by atoms with Crippen molar-refractivity contribution in [3.63, 3.8) is 0 Å². The first-order chi connectivity index (χ1) is 11.1. The van der Waals surface area contributed by atoms with E-state index in [2.05, 4.69) is 27.4 Å². The third kappa shape index (κ3) is 2.61. The summed E-state index contributed by atoms with van der Waals surface area (Å²) < 4.78 is 1.68. The number of hydrogen-bond donors (Lipinski definition) is 1. The summed E-state index contributed by atoms with van der Waals surface area (Å²) in [6.45, 7) is 4.15. The summed E-state index contributed by atoms with van der Waals surface area (Å²) in [5, 5.41) is 10.9. The van der Waals surface area contributed by atoms with E-state index in [4.69, 9.17) is 0 Å². The van der Waals surface area contributed by atoms with Crippen molar-refractivity contribution in [1.29, 1.82) is 0 Å². The highest BCUT2D eigenvalue weighted by atomic mass is 32.1. The molecule has 0 aliphatic heterocycles. The molecule has 0 bridgehead atoms. The van der Waals surface area contributed by atoms with Crippen LogP contribution in [0.15, 0.2) is 18.3 Å². The normalized spacial score (nSPS) is 17.2. The van der Waals surface area contributed by atoms with Crippen LogP contribution in [-0.4, -0.2) is 25.5 Å². The Labute approximate surface area is 137 Å². The Morgan fingerprint density at radius 3 is 3.17 bits per heavy atom. The first kappa shape index (κ1) is 14.3. The Hall–Kier alpha value is -2.28. The zero-order valence-corrected chi connectivity index (χ0v) is 13.9. The average Bonchev–Trinajstić information content (AvgIpc) is 3.10. The number of thiophene rings is 1. The molecule has 0 fully saturated rings. The van der Waals surface area contributed by atoms with Gasteiger partial charge in [0.2, 0.25) is 5.95 Å². The van der Waals surface area contributed by atoms with Crippen molar-refractivity contribution < 1.29 is 4.79 Å². The van der Waals surface area contributed by atoms with Crippen LogP contribution in [-0.2, 0) is 12.8 Å². The molecule has 7 heteroatoms. The van der Waals surface area contributed by atoms with Crippen molar-refractivity contribution in [1.82, 2.24) is 19.6 Å². The molecule has 3 aromatic heterocycles. The van der Waals surface area contributed by atoms with E-state index in [9.17, 15) is 4.79 Å². The lowest BCUT2D eigenvalue weighted by atomic mass is 9.90. The van der Waals surface area contributed by atoms with Gasteiger partial charge in [0.15, 0.2) is 0 Å². The topological polar surface area (TPSA) is 72.2 Å². The largest absolute Gasteiger partial charge is 0.289 e. The van der Waals surface area contributed by atoms with Gasteiger partial charge in [-0.2, -0.15) is 0 Å². The van der Waals surface area contributed by atoms with Gasteiger partial charge in [-0.25, -0.2) is 4.98 Å². The summed E-state index contributed by atoms with van der Waals surface area (Å²) in [5.41, 5.74) is 2.19. The summed E-state index contributed by atoms with van der Waals surface area (Å²) in [6, 6.07) is 3.88. The number of aromatic nitrogens is 4. The fourth-order valence-corrected chi connectivity index (χ4v) is 4.04. The molecule has 23 heavy (non-hydrogen) atoms. The monoisotopic (exact) mass is 327 g/mol. The Bertz CT molecular complexity index is 897. The first-order valence-corrected chi connectivity index (χ1v) is 8.53. The van der Waals surface area contributed by atoms with E-state index in [0.717, 1.165) is 23.4 Å². The number of carbonyl (C=O) groups is 1. The van der Waals surface area contributed by atoms with Crippen molar-refractivity contribution in [2.75, 3.05) is 5.32 Å². The lowest BCUT2D eigenvalue weighted by Crippen LogP contribution is -2.13. The minimum Gasteiger partial charge on any atom is -0.289 e. The summed E-state index contributed by atoms with van der Waals surface area (Å²) in [5.74, 6) is 1.45. The SMILES string of the molecule is Cc1ccn2c(NC(=O)c3cc4c(s3)CCC(C)C4)nnc2n1.